The highest BCUT2D eigenvalue weighted by Crippen LogP contribution is 2.25. The third kappa shape index (κ3) is 2.48. The molecule has 1 heterocycles. The zero-order chi connectivity index (χ0) is 13.1. The molecule has 4 nitrogen and oxygen atoms in total. The summed E-state index contributed by atoms with van der Waals surface area (Å²) >= 11 is 0. The Hall–Kier alpha value is -1.55. The standard InChI is InChI=1S/C14H19NO3/c1-10-4-2-6-12(13(10)17)14(18)15-7-3-5-11(8-15)9-16/h2,4,6,11,16-17H,3,5,7-9H2,1H3. The van der Waals surface area contributed by atoms with Crippen molar-refractivity contribution in [2.45, 2.75) is 19.8 Å². The summed E-state index contributed by atoms with van der Waals surface area (Å²) in [5.74, 6) is 0.0811. The van der Waals surface area contributed by atoms with Crippen LogP contribution in [0.3, 0.4) is 0 Å². The number of aryl methyl sites for hydroxylation is 1. The predicted octanol–water partition coefficient (Wildman–Crippen LogP) is 1.55. The fraction of sp³-hybridized carbons (Fsp3) is 0.500. The van der Waals surface area contributed by atoms with Crippen molar-refractivity contribution in [3.05, 3.63) is 29.3 Å². The number of phenols is 1. The molecule has 2 rings (SSSR count). The number of piperidine rings is 1. The molecule has 1 amide bonds. The van der Waals surface area contributed by atoms with E-state index in [2.05, 4.69) is 0 Å². The summed E-state index contributed by atoms with van der Waals surface area (Å²) in [5.41, 5.74) is 1.06. The number of likely N-dealkylation sites (tertiary alicyclic amines) is 1. The molecule has 0 aromatic heterocycles. The van der Waals surface area contributed by atoms with E-state index in [-0.39, 0.29) is 24.2 Å². The van der Waals surface area contributed by atoms with Crippen LogP contribution in [0.15, 0.2) is 18.2 Å². The minimum Gasteiger partial charge on any atom is -0.507 e. The molecule has 0 aliphatic carbocycles. The normalized spacial score (nSPS) is 19.9. The molecule has 1 aliphatic rings. The van der Waals surface area contributed by atoms with Gasteiger partial charge in [0.2, 0.25) is 0 Å². The highest BCUT2D eigenvalue weighted by molar-refractivity contribution is 5.97. The Bertz CT molecular complexity index is 445. The van der Waals surface area contributed by atoms with Crippen molar-refractivity contribution in [1.29, 1.82) is 0 Å². The van der Waals surface area contributed by atoms with Crippen LogP contribution in [0.4, 0.5) is 0 Å². The average Bonchev–Trinajstić information content (AvgIpc) is 2.41. The summed E-state index contributed by atoms with van der Waals surface area (Å²) in [6.45, 7) is 3.16. The maximum atomic E-state index is 12.3. The molecule has 1 aromatic carbocycles. The number of aromatic hydroxyl groups is 1. The number of carbonyl (C=O) groups is 1. The number of aliphatic hydroxyl groups is 1. The summed E-state index contributed by atoms with van der Waals surface area (Å²) < 4.78 is 0. The minimum absolute atomic E-state index is 0.0635. The molecule has 1 aliphatic heterocycles. The first-order valence-corrected chi connectivity index (χ1v) is 6.32. The molecule has 2 N–H and O–H groups in total. The monoisotopic (exact) mass is 249 g/mol. The number of amides is 1. The molecule has 1 aromatic rings. The number of benzene rings is 1. The smallest absolute Gasteiger partial charge is 0.257 e. The van der Waals surface area contributed by atoms with E-state index in [1.807, 2.05) is 0 Å². The molecule has 1 unspecified atom stereocenters. The van der Waals surface area contributed by atoms with Crippen molar-refractivity contribution in [2.24, 2.45) is 5.92 Å². The van der Waals surface area contributed by atoms with Gasteiger partial charge < -0.3 is 15.1 Å². The number of phenolic OH excluding ortho intramolecular Hbond substituents is 1. The van der Waals surface area contributed by atoms with Crippen LogP contribution < -0.4 is 0 Å². The lowest BCUT2D eigenvalue weighted by atomic mass is 9.98. The first-order valence-electron chi connectivity index (χ1n) is 6.32. The summed E-state index contributed by atoms with van der Waals surface area (Å²) in [6.07, 6.45) is 1.86. The first kappa shape index (κ1) is 12.9. The zero-order valence-corrected chi connectivity index (χ0v) is 10.6. The summed E-state index contributed by atoms with van der Waals surface area (Å²) in [5, 5.41) is 19.1. The lowest BCUT2D eigenvalue weighted by Gasteiger charge is -2.32. The second kappa shape index (κ2) is 5.40. The molecule has 4 heteroatoms. The maximum absolute atomic E-state index is 12.3. The molecule has 0 spiro atoms. The van der Waals surface area contributed by atoms with Gasteiger partial charge in [-0.15, -0.1) is 0 Å². The summed E-state index contributed by atoms with van der Waals surface area (Å²) in [6, 6.07) is 5.20. The quantitative estimate of drug-likeness (QED) is 0.836. The number of hydrogen-bond acceptors (Lipinski definition) is 3. The largest absolute Gasteiger partial charge is 0.507 e. The summed E-state index contributed by atoms with van der Waals surface area (Å²) in [7, 11) is 0. The van der Waals surface area contributed by atoms with Crippen LogP contribution >= 0.6 is 0 Å². The molecule has 98 valence electrons. The van der Waals surface area contributed by atoms with Crippen LogP contribution in [0.5, 0.6) is 5.75 Å². The maximum Gasteiger partial charge on any atom is 0.257 e. The van der Waals surface area contributed by atoms with E-state index in [0.717, 1.165) is 12.8 Å². The molecule has 0 saturated carbocycles. The number of rotatable bonds is 2. The Morgan fingerprint density at radius 1 is 1.50 bits per heavy atom. The van der Waals surface area contributed by atoms with Crippen LogP contribution in [0.1, 0.15) is 28.8 Å². The Morgan fingerprint density at radius 2 is 2.28 bits per heavy atom. The van der Waals surface area contributed by atoms with Crippen LogP contribution in [-0.4, -0.2) is 40.7 Å². The summed E-state index contributed by atoms with van der Waals surface area (Å²) in [4.78, 5) is 14.0. The van der Waals surface area contributed by atoms with E-state index in [1.165, 1.54) is 0 Å². The molecule has 18 heavy (non-hydrogen) atoms. The van der Waals surface area contributed by atoms with Crippen molar-refractivity contribution >= 4 is 5.91 Å². The van der Waals surface area contributed by atoms with E-state index in [0.29, 0.717) is 24.2 Å². The van der Waals surface area contributed by atoms with Gasteiger partial charge in [-0.1, -0.05) is 12.1 Å². The molecule has 1 fully saturated rings. The van der Waals surface area contributed by atoms with Crippen LogP contribution in [0, 0.1) is 12.8 Å². The molecule has 1 saturated heterocycles. The molecule has 0 radical (unpaired) electrons. The Kier molecular flexibility index (Phi) is 3.87. The second-order valence-corrected chi connectivity index (χ2v) is 4.91. The Labute approximate surface area is 107 Å². The van der Waals surface area contributed by atoms with E-state index in [9.17, 15) is 15.0 Å². The van der Waals surface area contributed by atoms with Gasteiger partial charge in [-0.3, -0.25) is 4.79 Å². The fourth-order valence-electron chi connectivity index (χ4n) is 2.40. The van der Waals surface area contributed by atoms with E-state index >= 15 is 0 Å². The van der Waals surface area contributed by atoms with Gasteiger partial charge in [0.05, 0.1) is 5.56 Å². The lowest BCUT2D eigenvalue weighted by Crippen LogP contribution is -2.41. The number of para-hydroxylation sites is 1. The van der Waals surface area contributed by atoms with Crippen molar-refractivity contribution in [3.8, 4) is 5.75 Å². The van der Waals surface area contributed by atoms with Gasteiger partial charge in [0.25, 0.3) is 5.91 Å². The highest BCUT2D eigenvalue weighted by Gasteiger charge is 2.25. The van der Waals surface area contributed by atoms with Crippen LogP contribution in [0.2, 0.25) is 0 Å². The van der Waals surface area contributed by atoms with E-state index < -0.39 is 0 Å². The highest BCUT2D eigenvalue weighted by atomic mass is 16.3. The van der Waals surface area contributed by atoms with Gasteiger partial charge in [0, 0.05) is 19.7 Å². The number of carbonyl (C=O) groups excluding carboxylic acids is 1. The average molecular weight is 249 g/mol. The van der Waals surface area contributed by atoms with Crippen molar-refractivity contribution in [2.75, 3.05) is 19.7 Å². The number of hydrogen-bond donors (Lipinski definition) is 2. The minimum atomic E-state index is -0.144. The van der Waals surface area contributed by atoms with E-state index in [1.54, 1.807) is 30.0 Å². The number of aliphatic hydroxyl groups excluding tert-OH is 1. The molecule has 1 atom stereocenters. The predicted molar refractivity (Wildman–Crippen MR) is 68.6 cm³/mol. The lowest BCUT2D eigenvalue weighted by molar-refractivity contribution is 0.0618. The SMILES string of the molecule is Cc1cccc(C(=O)N2CCCC(CO)C2)c1O. The van der Waals surface area contributed by atoms with Gasteiger partial charge in [-0.05, 0) is 37.3 Å². The van der Waals surface area contributed by atoms with Gasteiger partial charge in [-0.2, -0.15) is 0 Å². The third-order valence-electron chi connectivity index (χ3n) is 3.53. The first-order chi connectivity index (χ1) is 8.63. The van der Waals surface area contributed by atoms with Crippen molar-refractivity contribution in [1.82, 2.24) is 4.90 Å². The van der Waals surface area contributed by atoms with Crippen LogP contribution in [0.25, 0.3) is 0 Å². The van der Waals surface area contributed by atoms with Gasteiger partial charge in [0.15, 0.2) is 0 Å². The molecular weight excluding hydrogens is 230 g/mol. The van der Waals surface area contributed by atoms with Gasteiger partial charge in [-0.25, -0.2) is 0 Å². The topological polar surface area (TPSA) is 60.8 Å². The van der Waals surface area contributed by atoms with Crippen molar-refractivity contribution < 1.29 is 15.0 Å². The Balaban J connectivity index is 2.18. The number of nitrogens with zero attached hydrogens (tertiary/aromatic N) is 1. The van der Waals surface area contributed by atoms with Gasteiger partial charge >= 0.3 is 0 Å². The van der Waals surface area contributed by atoms with Crippen molar-refractivity contribution in [3.63, 3.8) is 0 Å². The second-order valence-electron chi connectivity index (χ2n) is 4.91. The zero-order valence-electron chi connectivity index (χ0n) is 10.6. The van der Waals surface area contributed by atoms with Gasteiger partial charge in [0.1, 0.15) is 5.75 Å². The van der Waals surface area contributed by atoms with E-state index in [4.69, 9.17) is 0 Å². The fourth-order valence-corrected chi connectivity index (χ4v) is 2.40. The molecule has 0 bridgehead atoms. The Morgan fingerprint density at radius 3 is 3.00 bits per heavy atom. The van der Waals surface area contributed by atoms with Crippen LogP contribution in [-0.2, 0) is 0 Å². The molecular formula is C14H19NO3. The third-order valence-corrected chi connectivity index (χ3v) is 3.53.